The molecule has 2 aromatic rings. The second-order valence-corrected chi connectivity index (χ2v) is 15.9. The summed E-state index contributed by atoms with van der Waals surface area (Å²) in [6.45, 7) is 9.64. The van der Waals surface area contributed by atoms with E-state index in [4.69, 9.17) is 9.47 Å². The van der Waals surface area contributed by atoms with Crippen LogP contribution in [0, 0.1) is 23.1 Å². The number of ether oxygens (including phenoxy) is 2. The van der Waals surface area contributed by atoms with Crippen molar-refractivity contribution in [1.82, 2.24) is 15.2 Å². The summed E-state index contributed by atoms with van der Waals surface area (Å²) in [6.07, 6.45) is 3.09. The fourth-order valence-electron chi connectivity index (χ4n) is 6.10. The number of carbonyl (C=O) groups excluding carboxylic acids is 3. The summed E-state index contributed by atoms with van der Waals surface area (Å²) in [4.78, 5) is 47.0. The molecule has 2 saturated carbocycles. The Morgan fingerprint density at radius 3 is 2.52 bits per heavy atom. The predicted octanol–water partition coefficient (Wildman–Crippen LogP) is 3.84. The van der Waals surface area contributed by atoms with Crippen molar-refractivity contribution in [2.24, 2.45) is 17.3 Å². The molecule has 0 unspecified atom stereocenters. The van der Waals surface area contributed by atoms with Crippen LogP contribution in [0.4, 0.5) is 4.39 Å². The number of sulfone groups is 1. The van der Waals surface area contributed by atoms with E-state index in [1.165, 1.54) is 24.3 Å². The molecule has 0 radical (unpaired) electrons. The molecule has 1 aromatic heterocycles. The Morgan fingerprint density at radius 1 is 1.23 bits per heavy atom. The number of rotatable bonds is 11. The third-order valence-corrected chi connectivity index (χ3v) is 11.8. The number of aromatic nitrogens is 1. The number of carbonyl (C=O) groups is 3. The van der Waals surface area contributed by atoms with Crippen LogP contribution in [-0.4, -0.2) is 78.2 Å². The van der Waals surface area contributed by atoms with Gasteiger partial charge in [-0.15, -0.1) is 0 Å². The lowest BCUT2D eigenvalue weighted by Crippen LogP contribution is -2.55. The van der Waals surface area contributed by atoms with Crippen molar-refractivity contribution in [2.45, 2.75) is 89.7 Å². The normalized spacial score (nSPS) is 25.9. The fraction of sp³-hybridized carbons (Fsp3) is 0.625. The number of hydrogen-bond acceptors (Lipinski definition) is 8. The molecule has 0 spiro atoms. The van der Waals surface area contributed by atoms with Gasteiger partial charge in [0.25, 0.3) is 0 Å². The maximum absolute atomic E-state index is 14.6. The first kappa shape index (κ1) is 32.1. The van der Waals surface area contributed by atoms with E-state index in [2.05, 4.69) is 10.3 Å². The third-order valence-electron chi connectivity index (χ3n) is 9.60. The molecule has 3 aliphatic rings. The lowest BCUT2D eigenvalue weighted by molar-refractivity contribution is -0.144. The highest BCUT2D eigenvalue weighted by Crippen LogP contribution is 2.48. The predicted molar refractivity (Wildman–Crippen MR) is 162 cm³/mol. The number of amides is 2. The minimum absolute atomic E-state index is 0.0825. The van der Waals surface area contributed by atoms with Crippen LogP contribution in [-0.2, 0) is 24.2 Å². The zero-order valence-electron chi connectivity index (χ0n) is 26.2. The molecule has 2 heterocycles. The molecule has 1 aliphatic heterocycles. The molecule has 5 rings (SSSR count). The number of hydrogen-bond donors (Lipinski definition) is 1. The number of halogens is 1. The quantitative estimate of drug-likeness (QED) is 0.396. The van der Waals surface area contributed by atoms with E-state index in [1.54, 1.807) is 12.1 Å². The van der Waals surface area contributed by atoms with E-state index in [9.17, 15) is 27.2 Å². The Bertz CT molecular complexity index is 1590. The average molecular weight is 632 g/mol. The largest absolute Gasteiger partial charge is 0.494 e. The van der Waals surface area contributed by atoms with E-state index in [0.29, 0.717) is 36.5 Å². The molecule has 240 valence electrons. The number of pyridine rings is 1. The van der Waals surface area contributed by atoms with Gasteiger partial charge in [0.05, 0.1) is 18.9 Å². The third kappa shape index (κ3) is 6.14. The summed E-state index contributed by atoms with van der Waals surface area (Å²) >= 11 is 0. The Morgan fingerprint density at radius 2 is 1.93 bits per heavy atom. The highest BCUT2D eigenvalue weighted by atomic mass is 32.2. The number of nitrogens with zero attached hydrogens (tertiary/aromatic N) is 2. The van der Waals surface area contributed by atoms with Gasteiger partial charge in [-0.3, -0.25) is 14.4 Å². The van der Waals surface area contributed by atoms with Gasteiger partial charge < -0.3 is 19.7 Å². The van der Waals surface area contributed by atoms with E-state index in [1.807, 2.05) is 34.6 Å². The average Bonchev–Trinajstić information content (AvgIpc) is 3.88. The smallest absolute Gasteiger partial charge is 0.243 e. The molecular weight excluding hydrogens is 589 g/mol. The van der Waals surface area contributed by atoms with Gasteiger partial charge in [-0.05, 0) is 54.2 Å². The maximum atomic E-state index is 14.6. The Labute approximate surface area is 258 Å². The molecule has 44 heavy (non-hydrogen) atoms. The van der Waals surface area contributed by atoms with Crippen LogP contribution in [0.1, 0.15) is 66.7 Å². The second-order valence-electron chi connectivity index (χ2n) is 13.6. The zero-order valence-corrected chi connectivity index (χ0v) is 27.0. The summed E-state index contributed by atoms with van der Waals surface area (Å²) in [5.41, 5.74) is -1.64. The number of nitrogens with one attached hydrogen (secondary N) is 1. The molecular formula is C32H42FN3O7S. The van der Waals surface area contributed by atoms with Gasteiger partial charge in [-0.2, -0.15) is 0 Å². The van der Waals surface area contributed by atoms with Crippen LogP contribution < -0.4 is 14.8 Å². The Kier molecular flexibility index (Phi) is 8.45. The Balaban J connectivity index is 1.40. The van der Waals surface area contributed by atoms with E-state index >= 15 is 0 Å². The van der Waals surface area contributed by atoms with Crippen LogP contribution in [0.5, 0.6) is 11.6 Å². The minimum atomic E-state index is -3.56. The van der Waals surface area contributed by atoms with Gasteiger partial charge in [0.15, 0.2) is 27.2 Å². The molecule has 1 saturated heterocycles. The Hall–Kier alpha value is -3.28. The molecule has 2 amide bonds. The van der Waals surface area contributed by atoms with E-state index in [0.717, 1.165) is 0 Å². The van der Waals surface area contributed by atoms with Crippen molar-refractivity contribution in [1.29, 1.82) is 0 Å². The van der Waals surface area contributed by atoms with Crippen LogP contribution in [0.2, 0.25) is 0 Å². The maximum Gasteiger partial charge on any atom is 0.243 e. The molecule has 0 bridgehead atoms. The molecule has 10 nitrogen and oxygen atoms in total. The first-order chi connectivity index (χ1) is 20.6. The van der Waals surface area contributed by atoms with Crippen molar-refractivity contribution in [3.8, 4) is 11.6 Å². The number of methoxy groups -OCH3 is 1. The number of fused-ring (bicyclic) bond motifs is 1. The van der Waals surface area contributed by atoms with Crippen molar-refractivity contribution in [3.63, 3.8) is 0 Å². The van der Waals surface area contributed by atoms with Gasteiger partial charge >= 0.3 is 0 Å². The molecule has 3 fully saturated rings. The topological polar surface area (TPSA) is 132 Å². The molecule has 2 aliphatic carbocycles. The van der Waals surface area contributed by atoms with Crippen molar-refractivity contribution < 1.29 is 36.7 Å². The van der Waals surface area contributed by atoms with Crippen LogP contribution in [0.3, 0.4) is 0 Å². The molecule has 1 N–H and O–H groups in total. The SMILES string of the molecule is CC[C@@H]1C[C@]1(NC(=O)[C@@H]1C[C@@H](Oc2nccc3cc(OC)c(F)cc23)CN1C(=O)[C@@H](C)C(C)(C)C)C(=O)CS(=O)(=O)C1CC1. The fourth-order valence-corrected chi connectivity index (χ4v) is 7.81. The van der Waals surface area contributed by atoms with Gasteiger partial charge in [0, 0.05) is 23.9 Å². The monoisotopic (exact) mass is 631 g/mol. The highest BCUT2D eigenvalue weighted by Gasteiger charge is 2.61. The van der Waals surface area contributed by atoms with Crippen LogP contribution in [0.25, 0.3) is 10.8 Å². The van der Waals surface area contributed by atoms with Crippen molar-refractivity contribution in [3.05, 3.63) is 30.2 Å². The number of likely N-dealkylation sites (tertiary alicyclic amines) is 1. The van der Waals surface area contributed by atoms with Gasteiger partial charge in [-0.1, -0.05) is 41.0 Å². The molecule has 5 atom stereocenters. The van der Waals surface area contributed by atoms with Crippen molar-refractivity contribution in [2.75, 3.05) is 19.4 Å². The first-order valence-corrected chi connectivity index (χ1v) is 17.0. The standard InChI is InChI=1S/C32H42FN3O7S/c1-7-20-15-32(20,27(37)17-44(40,41)22-8-9-22)35-28(38)25-13-21(16-36(25)30(39)18(2)31(3,4)5)43-29-23-14-24(33)26(42-6)12-19(23)10-11-34-29/h10-12,14,18,20-22,25H,7-9,13,15-17H2,1-6H3,(H,35,38)/t18-,20-,21-,25+,32-/m1/s1. The highest BCUT2D eigenvalue weighted by molar-refractivity contribution is 7.93. The van der Waals surface area contributed by atoms with Crippen LogP contribution in [0.15, 0.2) is 24.4 Å². The summed E-state index contributed by atoms with van der Waals surface area (Å²) < 4.78 is 51.2. The molecule has 12 heteroatoms. The van der Waals surface area contributed by atoms with Crippen LogP contribution >= 0.6 is 0 Å². The lowest BCUT2D eigenvalue weighted by atomic mass is 9.81. The van der Waals surface area contributed by atoms with Crippen molar-refractivity contribution >= 4 is 38.2 Å². The van der Waals surface area contributed by atoms with Gasteiger partial charge in [-0.25, -0.2) is 17.8 Å². The van der Waals surface area contributed by atoms with Gasteiger partial charge in [0.1, 0.15) is 23.4 Å². The van der Waals surface area contributed by atoms with E-state index < -0.39 is 62.0 Å². The first-order valence-electron chi connectivity index (χ1n) is 15.3. The number of Topliss-reactive ketones (excluding diaryl/α,β-unsaturated/α-hetero) is 1. The second kappa shape index (κ2) is 11.6. The van der Waals surface area contributed by atoms with Gasteiger partial charge in [0.2, 0.25) is 17.7 Å². The number of benzene rings is 1. The molecule has 1 aromatic carbocycles. The lowest BCUT2D eigenvalue weighted by Gasteiger charge is -2.33. The summed E-state index contributed by atoms with van der Waals surface area (Å²) in [7, 11) is -2.18. The zero-order chi connectivity index (χ0) is 32.2. The van der Waals surface area contributed by atoms with E-state index in [-0.39, 0.29) is 41.8 Å². The summed E-state index contributed by atoms with van der Waals surface area (Å²) in [5, 5.41) is 3.50. The minimum Gasteiger partial charge on any atom is -0.494 e. The summed E-state index contributed by atoms with van der Waals surface area (Å²) in [6, 6.07) is 3.58. The summed E-state index contributed by atoms with van der Waals surface area (Å²) in [5.74, 6) is -2.77. The number of ketones is 1.